The van der Waals surface area contributed by atoms with Gasteiger partial charge in [0.2, 0.25) is 0 Å². The Kier molecular flexibility index (Phi) is 3.55. The lowest BCUT2D eigenvalue weighted by atomic mass is 10.1. The molecule has 2 rings (SSSR count). The number of ether oxygens (including phenoxy) is 1. The molecule has 1 aromatic rings. The van der Waals surface area contributed by atoms with E-state index < -0.39 is 0 Å². The monoisotopic (exact) mass is 233 g/mol. The van der Waals surface area contributed by atoms with Gasteiger partial charge < -0.3 is 10.1 Å². The van der Waals surface area contributed by atoms with E-state index in [2.05, 4.69) is 57.3 Å². The second kappa shape index (κ2) is 4.79. The number of benzene rings is 1. The van der Waals surface area contributed by atoms with Crippen LogP contribution in [0.25, 0.3) is 0 Å². The van der Waals surface area contributed by atoms with Crippen LogP contribution in [0.1, 0.15) is 44.9 Å². The number of fused-ring (bicyclic) bond motifs is 1. The molecule has 0 saturated carbocycles. The lowest BCUT2D eigenvalue weighted by molar-refractivity contribution is -0.0697. The van der Waals surface area contributed by atoms with E-state index in [0.29, 0.717) is 6.04 Å². The normalized spacial score (nSPS) is 23.8. The summed E-state index contributed by atoms with van der Waals surface area (Å²) < 4.78 is 6.18. The van der Waals surface area contributed by atoms with Gasteiger partial charge in [0.1, 0.15) is 0 Å². The molecule has 1 aliphatic rings. The van der Waals surface area contributed by atoms with E-state index in [1.165, 1.54) is 11.1 Å². The fourth-order valence-electron chi connectivity index (χ4n) is 2.58. The first-order valence-corrected chi connectivity index (χ1v) is 6.50. The highest BCUT2D eigenvalue weighted by atomic mass is 16.5. The van der Waals surface area contributed by atoms with Crippen LogP contribution in [-0.4, -0.2) is 18.2 Å². The van der Waals surface area contributed by atoms with Gasteiger partial charge in [-0.1, -0.05) is 31.2 Å². The molecule has 1 aromatic carbocycles. The second-order valence-corrected chi connectivity index (χ2v) is 5.71. The van der Waals surface area contributed by atoms with Crippen molar-refractivity contribution < 1.29 is 4.74 Å². The largest absolute Gasteiger partial charge is 0.370 e. The van der Waals surface area contributed by atoms with Gasteiger partial charge in [0.05, 0.1) is 17.7 Å². The van der Waals surface area contributed by atoms with Crippen molar-refractivity contribution in [2.24, 2.45) is 0 Å². The topological polar surface area (TPSA) is 21.3 Å². The zero-order valence-electron chi connectivity index (χ0n) is 11.3. The van der Waals surface area contributed by atoms with Crippen molar-refractivity contribution in [3.8, 4) is 0 Å². The van der Waals surface area contributed by atoms with Gasteiger partial charge >= 0.3 is 0 Å². The van der Waals surface area contributed by atoms with Crippen molar-refractivity contribution in [2.45, 2.75) is 51.9 Å². The lowest BCUT2D eigenvalue weighted by Gasteiger charge is -2.29. The minimum atomic E-state index is -0.0830. The van der Waals surface area contributed by atoms with E-state index in [-0.39, 0.29) is 11.7 Å². The number of hydrogen-bond donors (Lipinski definition) is 1. The molecule has 1 N–H and O–H groups in total. The van der Waals surface area contributed by atoms with Crippen molar-refractivity contribution in [1.82, 2.24) is 5.32 Å². The summed E-state index contributed by atoms with van der Waals surface area (Å²) >= 11 is 0. The Morgan fingerprint density at radius 2 is 2.00 bits per heavy atom. The molecule has 94 valence electrons. The molecule has 2 unspecified atom stereocenters. The first kappa shape index (κ1) is 12.6. The summed E-state index contributed by atoms with van der Waals surface area (Å²) in [5.74, 6) is 0. The van der Waals surface area contributed by atoms with Crippen LogP contribution < -0.4 is 5.32 Å². The first-order chi connectivity index (χ1) is 8.01. The van der Waals surface area contributed by atoms with Gasteiger partial charge in [0.15, 0.2) is 0 Å². The Morgan fingerprint density at radius 3 is 2.65 bits per heavy atom. The van der Waals surface area contributed by atoms with Crippen molar-refractivity contribution in [2.75, 3.05) is 6.54 Å². The number of likely N-dealkylation sites (N-methyl/N-ethyl adjacent to an activating group) is 1. The van der Waals surface area contributed by atoms with Crippen LogP contribution in [0.4, 0.5) is 0 Å². The average Bonchev–Trinajstić information content (AvgIpc) is 2.55. The Balaban J connectivity index is 2.20. The van der Waals surface area contributed by atoms with Crippen molar-refractivity contribution >= 4 is 0 Å². The zero-order chi connectivity index (χ0) is 12.5. The summed E-state index contributed by atoms with van der Waals surface area (Å²) in [5.41, 5.74) is 2.75. The van der Waals surface area contributed by atoms with Gasteiger partial charge in [0, 0.05) is 6.42 Å². The van der Waals surface area contributed by atoms with Gasteiger partial charge in [-0.3, -0.25) is 0 Å². The third-order valence-corrected chi connectivity index (χ3v) is 3.11. The van der Waals surface area contributed by atoms with Gasteiger partial charge in [-0.15, -0.1) is 0 Å². The van der Waals surface area contributed by atoms with Crippen LogP contribution in [-0.2, 0) is 11.2 Å². The van der Waals surface area contributed by atoms with E-state index >= 15 is 0 Å². The molecule has 0 radical (unpaired) electrons. The maximum atomic E-state index is 6.18. The maximum absolute atomic E-state index is 6.18. The summed E-state index contributed by atoms with van der Waals surface area (Å²) in [4.78, 5) is 0. The summed E-state index contributed by atoms with van der Waals surface area (Å²) in [6.07, 6.45) is 1.28. The van der Waals surface area contributed by atoms with Gasteiger partial charge in [-0.2, -0.15) is 0 Å². The molecular weight excluding hydrogens is 210 g/mol. The molecule has 0 heterocycles. The predicted octanol–water partition coefficient (Wildman–Crippen LogP) is 3.08. The Morgan fingerprint density at radius 1 is 1.29 bits per heavy atom. The number of hydrogen-bond acceptors (Lipinski definition) is 2. The number of nitrogens with one attached hydrogen (secondary N) is 1. The first-order valence-electron chi connectivity index (χ1n) is 6.50. The maximum Gasteiger partial charge on any atom is 0.0817 e. The quantitative estimate of drug-likeness (QED) is 0.866. The molecule has 1 aliphatic carbocycles. The van der Waals surface area contributed by atoms with Crippen LogP contribution in [0, 0.1) is 0 Å². The van der Waals surface area contributed by atoms with Crippen LogP contribution in [0.3, 0.4) is 0 Å². The molecule has 0 saturated heterocycles. The summed E-state index contributed by atoms with van der Waals surface area (Å²) in [7, 11) is 0. The standard InChI is InChI=1S/C15H23NO/c1-5-16-14-12-9-7-6-8-11(12)10-13(14)17-15(2,3)4/h6-9,13-14,16H,5,10H2,1-4H3. The Hall–Kier alpha value is -0.860. The van der Waals surface area contributed by atoms with Crippen LogP contribution in [0.5, 0.6) is 0 Å². The molecule has 2 nitrogen and oxygen atoms in total. The SMILES string of the molecule is CCNC1c2ccccc2CC1OC(C)(C)C. The van der Waals surface area contributed by atoms with E-state index in [0.717, 1.165) is 13.0 Å². The highest BCUT2D eigenvalue weighted by Crippen LogP contribution is 2.35. The third-order valence-electron chi connectivity index (χ3n) is 3.11. The summed E-state index contributed by atoms with van der Waals surface area (Å²) in [6.45, 7) is 9.50. The van der Waals surface area contributed by atoms with Crippen molar-refractivity contribution in [3.05, 3.63) is 35.4 Å². The van der Waals surface area contributed by atoms with Crippen molar-refractivity contribution in [1.29, 1.82) is 0 Å². The van der Waals surface area contributed by atoms with Crippen LogP contribution in [0.2, 0.25) is 0 Å². The van der Waals surface area contributed by atoms with E-state index in [1.54, 1.807) is 0 Å². The number of rotatable bonds is 3. The highest BCUT2D eigenvalue weighted by molar-refractivity contribution is 5.36. The van der Waals surface area contributed by atoms with E-state index in [4.69, 9.17) is 4.74 Å². The Labute approximate surface area is 104 Å². The molecule has 17 heavy (non-hydrogen) atoms. The molecule has 0 fully saturated rings. The predicted molar refractivity (Wildman–Crippen MR) is 71.2 cm³/mol. The molecule has 0 aromatic heterocycles. The van der Waals surface area contributed by atoms with Crippen LogP contribution >= 0.6 is 0 Å². The van der Waals surface area contributed by atoms with Crippen molar-refractivity contribution in [3.63, 3.8) is 0 Å². The smallest absolute Gasteiger partial charge is 0.0817 e. The molecular formula is C15H23NO. The summed E-state index contributed by atoms with van der Waals surface area (Å²) in [6, 6.07) is 9.00. The molecule has 0 bridgehead atoms. The van der Waals surface area contributed by atoms with Gasteiger partial charge in [-0.05, 0) is 38.4 Å². The Bertz CT molecular complexity index is 381. The van der Waals surface area contributed by atoms with E-state index in [1.807, 2.05) is 0 Å². The van der Waals surface area contributed by atoms with E-state index in [9.17, 15) is 0 Å². The molecule has 0 aliphatic heterocycles. The second-order valence-electron chi connectivity index (χ2n) is 5.71. The molecule has 2 atom stereocenters. The van der Waals surface area contributed by atoms with Crippen LogP contribution in [0.15, 0.2) is 24.3 Å². The fourth-order valence-corrected chi connectivity index (χ4v) is 2.58. The average molecular weight is 233 g/mol. The minimum Gasteiger partial charge on any atom is -0.370 e. The molecule has 0 amide bonds. The zero-order valence-corrected chi connectivity index (χ0v) is 11.3. The lowest BCUT2D eigenvalue weighted by Crippen LogP contribution is -2.36. The minimum absolute atomic E-state index is 0.0830. The fraction of sp³-hybridized carbons (Fsp3) is 0.600. The highest BCUT2D eigenvalue weighted by Gasteiger charge is 2.34. The molecule has 0 spiro atoms. The summed E-state index contributed by atoms with van der Waals surface area (Å²) in [5, 5.41) is 3.55. The van der Waals surface area contributed by atoms with Gasteiger partial charge in [0.25, 0.3) is 0 Å². The third kappa shape index (κ3) is 2.88. The van der Waals surface area contributed by atoms with Gasteiger partial charge in [-0.25, -0.2) is 0 Å². The molecule has 2 heteroatoms.